The van der Waals surface area contributed by atoms with Gasteiger partial charge in [-0.25, -0.2) is 8.42 Å². The molecule has 0 radical (unpaired) electrons. The molecule has 1 aromatic rings. The summed E-state index contributed by atoms with van der Waals surface area (Å²) >= 11 is 0. The molecule has 96 valence electrons. The molecule has 1 unspecified atom stereocenters. The molecule has 0 aliphatic heterocycles. The van der Waals surface area contributed by atoms with Gasteiger partial charge in [-0.2, -0.15) is 0 Å². The van der Waals surface area contributed by atoms with E-state index in [1.165, 1.54) is 13.2 Å². The minimum Gasteiger partial charge on any atom is -0.383 e. The van der Waals surface area contributed by atoms with E-state index in [0.717, 1.165) is 6.20 Å². The van der Waals surface area contributed by atoms with Gasteiger partial charge in [-0.1, -0.05) is 0 Å². The highest BCUT2D eigenvalue weighted by Crippen LogP contribution is 2.15. The Balaban J connectivity index is 2.74. The average molecular weight is 281 g/mol. The first-order valence-corrected chi connectivity index (χ1v) is 7.08. The lowest BCUT2D eigenvalue weighted by Crippen LogP contribution is -2.35. The van der Waals surface area contributed by atoms with Crippen LogP contribution in [0.2, 0.25) is 0 Å². The first-order valence-electron chi connectivity index (χ1n) is 4.77. The van der Waals surface area contributed by atoms with Crippen molar-refractivity contribution < 1.29 is 17.9 Å². The molecule has 1 aromatic heterocycles. The number of carbonyl (C=O) groups excluding carboxylic acids is 1. The summed E-state index contributed by atoms with van der Waals surface area (Å²) in [7, 11) is 2.84. The van der Waals surface area contributed by atoms with Crippen LogP contribution in [0, 0.1) is 0 Å². The number of rotatable bonds is 5. The van der Waals surface area contributed by atoms with Crippen LogP contribution < -0.4 is 5.32 Å². The quantitative estimate of drug-likeness (QED) is 0.778. The molecule has 0 bridgehead atoms. The Morgan fingerprint density at radius 2 is 2.29 bits per heavy atom. The Morgan fingerprint density at radius 1 is 1.65 bits per heavy atom. The maximum atomic E-state index is 11.6. The van der Waals surface area contributed by atoms with Gasteiger partial charge in [0, 0.05) is 30.0 Å². The van der Waals surface area contributed by atoms with Crippen molar-refractivity contribution in [3.63, 3.8) is 0 Å². The van der Waals surface area contributed by atoms with Gasteiger partial charge in [-0.3, -0.25) is 4.79 Å². The summed E-state index contributed by atoms with van der Waals surface area (Å²) in [6, 6.07) is 1.00. The van der Waals surface area contributed by atoms with E-state index in [1.54, 1.807) is 6.92 Å². The van der Waals surface area contributed by atoms with Crippen LogP contribution in [0.1, 0.15) is 17.4 Å². The number of amides is 1. The molecule has 0 saturated carbocycles. The second kappa shape index (κ2) is 5.52. The number of methoxy groups -OCH3 is 1. The fraction of sp³-hybridized carbons (Fsp3) is 0.444. The lowest BCUT2D eigenvalue weighted by atomic mass is 10.3. The Hall–Kier alpha value is -1.05. The number of aromatic amines is 1. The van der Waals surface area contributed by atoms with Crippen LogP contribution in [0.3, 0.4) is 0 Å². The number of ether oxygens (including phenoxy) is 1. The molecule has 0 aromatic carbocycles. The van der Waals surface area contributed by atoms with Crippen LogP contribution in [0.5, 0.6) is 0 Å². The molecule has 1 atom stereocenters. The van der Waals surface area contributed by atoms with Crippen LogP contribution in [-0.4, -0.2) is 39.1 Å². The molecular formula is C9H13ClN2O4S. The second-order valence-corrected chi connectivity index (χ2v) is 6.08. The SMILES string of the molecule is COCC(C)NC(=O)c1cc(S(=O)(=O)Cl)c[nH]1. The van der Waals surface area contributed by atoms with Gasteiger partial charge in [0.2, 0.25) is 0 Å². The predicted molar refractivity (Wildman–Crippen MR) is 62.6 cm³/mol. The predicted octanol–water partition coefficient (Wildman–Crippen LogP) is 0.707. The maximum Gasteiger partial charge on any atom is 0.268 e. The largest absolute Gasteiger partial charge is 0.383 e. The van der Waals surface area contributed by atoms with Crippen molar-refractivity contribution in [2.45, 2.75) is 17.9 Å². The molecule has 8 heteroatoms. The summed E-state index contributed by atoms with van der Waals surface area (Å²) in [6.45, 7) is 2.14. The van der Waals surface area contributed by atoms with Crippen LogP contribution in [0.25, 0.3) is 0 Å². The van der Waals surface area contributed by atoms with E-state index < -0.39 is 15.0 Å². The Bertz CT molecular complexity index is 497. The van der Waals surface area contributed by atoms with Gasteiger partial charge in [0.25, 0.3) is 15.0 Å². The smallest absolute Gasteiger partial charge is 0.268 e. The molecule has 1 heterocycles. The highest BCUT2D eigenvalue weighted by Gasteiger charge is 2.16. The molecule has 0 aliphatic carbocycles. The lowest BCUT2D eigenvalue weighted by Gasteiger charge is -2.11. The van der Waals surface area contributed by atoms with Gasteiger partial charge in [0.05, 0.1) is 6.61 Å². The van der Waals surface area contributed by atoms with Gasteiger partial charge >= 0.3 is 0 Å². The fourth-order valence-electron chi connectivity index (χ4n) is 1.24. The third-order valence-corrected chi connectivity index (χ3v) is 3.31. The summed E-state index contributed by atoms with van der Waals surface area (Å²) in [4.78, 5) is 14.0. The normalized spacial score (nSPS) is 13.4. The first kappa shape index (κ1) is 14.0. The number of carbonyl (C=O) groups is 1. The van der Waals surface area contributed by atoms with Crippen LogP contribution >= 0.6 is 10.7 Å². The van der Waals surface area contributed by atoms with E-state index in [0.29, 0.717) is 6.61 Å². The lowest BCUT2D eigenvalue weighted by molar-refractivity contribution is 0.0901. The zero-order valence-electron chi connectivity index (χ0n) is 9.36. The molecular weight excluding hydrogens is 268 g/mol. The molecule has 6 nitrogen and oxygen atoms in total. The summed E-state index contributed by atoms with van der Waals surface area (Å²) < 4.78 is 26.8. The van der Waals surface area contributed by atoms with Gasteiger partial charge in [-0.15, -0.1) is 0 Å². The van der Waals surface area contributed by atoms with Gasteiger partial charge in [0.15, 0.2) is 0 Å². The second-order valence-electron chi connectivity index (χ2n) is 3.52. The van der Waals surface area contributed by atoms with E-state index in [4.69, 9.17) is 15.4 Å². The first-order chi connectivity index (χ1) is 7.84. The molecule has 2 N–H and O–H groups in total. The number of aromatic nitrogens is 1. The number of hydrogen-bond acceptors (Lipinski definition) is 4. The van der Waals surface area contributed by atoms with Crippen LogP contribution in [-0.2, 0) is 13.8 Å². The Labute approximate surface area is 104 Å². The topological polar surface area (TPSA) is 88.3 Å². The molecule has 0 saturated heterocycles. The number of nitrogens with one attached hydrogen (secondary N) is 2. The van der Waals surface area contributed by atoms with Crippen molar-refractivity contribution in [2.24, 2.45) is 0 Å². The number of hydrogen-bond donors (Lipinski definition) is 2. The number of H-pyrrole nitrogens is 1. The van der Waals surface area contributed by atoms with E-state index in [9.17, 15) is 13.2 Å². The van der Waals surface area contributed by atoms with Gasteiger partial charge < -0.3 is 15.0 Å². The van der Waals surface area contributed by atoms with Crippen LogP contribution in [0.4, 0.5) is 0 Å². The van der Waals surface area contributed by atoms with Crippen molar-refractivity contribution in [3.8, 4) is 0 Å². The summed E-state index contributed by atoms with van der Waals surface area (Å²) in [5.74, 6) is -0.416. The monoisotopic (exact) mass is 280 g/mol. The summed E-state index contributed by atoms with van der Waals surface area (Å²) in [6.07, 6.45) is 1.16. The van der Waals surface area contributed by atoms with Gasteiger partial charge in [-0.05, 0) is 13.0 Å². The highest BCUT2D eigenvalue weighted by atomic mass is 35.7. The molecule has 0 aliphatic rings. The van der Waals surface area contributed by atoms with Crippen molar-refractivity contribution in [3.05, 3.63) is 18.0 Å². The maximum absolute atomic E-state index is 11.6. The van der Waals surface area contributed by atoms with E-state index >= 15 is 0 Å². The zero-order valence-corrected chi connectivity index (χ0v) is 10.9. The summed E-state index contributed by atoms with van der Waals surface area (Å²) in [5.41, 5.74) is 0.132. The minimum atomic E-state index is -3.82. The van der Waals surface area contributed by atoms with Gasteiger partial charge in [0.1, 0.15) is 10.6 Å². The van der Waals surface area contributed by atoms with Crippen molar-refractivity contribution >= 4 is 25.6 Å². The average Bonchev–Trinajstić information content (AvgIpc) is 2.65. The molecule has 1 rings (SSSR count). The Morgan fingerprint density at radius 3 is 2.76 bits per heavy atom. The minimum absolute atomic E-state index is 0.132. The van der Waals surface area contributed by atoms with E-state index in [2.05, 4.69) is 10.3 Å². The highest BCUT2D eigenvalue weighted by molar-refractivity contribution is 8.13. The van der Waals surface area contributed by atoms with Crippen molar-refractivity contribution in [2.75, 3.05) is 13.7 Å². The fourth-order valence-corrected chi connectivity index (χ4v) is 1.97. The standard InChI is InChI=1S/C9H13ClN2O4S/c1-6(5-16-2)12-9(13)8-3-7(4-11-8)17(10,14)15/h3-4,6,11H,5H2,1-2H3,(H,12,13). The molecule has 1 amide bonds. The van der Waals surface area contributed by atoms with Crippen molar-refractivity contribution in [1.82, 2.24) is 10.3 Å². The number of halogens is 1. The van der Waals surface area contributed by atoms with E-state index in [-0.39, 0.29) is 16.6 Å². The summed E-state index contributed by atoms with van der Waals surface area (Å²) in [5, 5.41) is 2.63. The molecule has 0 spiro atoms. The third kappa shape index (κ3) is 4.03. The zero-order chi connectivity index (χ0) is 13.1. The van der Waals surface area contributed by atoms with Crippen molar-refractivity contribution in [1.29, 1.82) is 0 Å². The Kier molecular flexibility index (Phi) is 4.55. The molecule has 0 fully saturated rings. The third-order valence-electron chi connectivity index (χ3n) is 1.98. The molecule has 17 heavy (non-hydrogen) atoms. The van der Waals surface area contributed by atoms with Crippen LogP contribution in [0.15, 0.2) is 17.2 Å². The van der Waals surface area contributed by atoms with E-state index in [1.807, 2.05) is 0 Å².